The number of carbonyl (C=O) groups is 1. The highest BCUT2D eigenvalue weighted by atomic mass is 32.2. The first kappa shape index (κ1) is 26.8. The van der Waals surface area contributed by atoms with Crippen molar-refractivity contribution in [3.05, 3.63) is 72.3 Å². The number of anilines is 3. The lowest BCUT2D eigenvalue weighted by atomic mass is 9.95. The van der Waals surface area contributed by atoms with Crippen molar-refractivity contribution in [1.29, 1.82) is 0 Å². The number of aromatic nitrogens is 2. The minimum atomic E-state index is -4.10. The molecule has 0 radical (unpaired) electrons. The number of fused-ring (bicyclic) bond motifs is 1. The van der Waals surface area contributed by atoms with Crippen LogP contribution in [0.4, 0.5) is 17.3 Å². The molecule has 0 saturated carbocycles. The third-order valence-electron chi connectivity index (χ3n) is 5.71. The van der Waals surface area contributed by atoms with Crippen molar-refractivity contribution in [1.82, 2.24) is 9.97 Å². The SMILES string of the molecule is COc1cc(Nc2nc3ccccc3nc2NS(=O)(=O)c2cccc(CC(=O)C(C)(C)N)c2)cc(OC)c1. The van der Waals surface area contributed by atoms with Crippen molar-refractivity contribution >= 4 is 44.2 Å². The summed E-state index contributed by atoms with van der Waals surface area (Å²) in [6, 6.07) is 18.4. The van der Waals surface area contributed by atoms with Gasteiger partial charge in [-0.3, -0.25) is 9.52 Å². The molecule has 0 atom stereocenters. The second kappa shape index (κ2) is 10.6. The first-order valence-corrected chi connectivity index (χ1v) is 13.2. The second-order valence-corrected chi connectivity index (χ2v) is 10.9. The van der Waals surface area contributed by atoms with Gasteiger partial charge in [0.05, 0.1) is 35.7 Å². The summed E-state index contributed by atoms with van der Waals surface area (Å²) in [4.78, 5) is 21.5. The van der Waals surface area contributed by atoms with Crippen LogP contribution >= 0.6 is 0 Å². The van der Waals surface area contributed by atoms with Gasteiger partial charge < -0.3 is 20.5 Å². The average Bonchev–Trinajstić information content (AvgIpc) is 2.88. The Morgan fingerprint density at radius 3 is 2.08 bits per heavy atom. The van der Waals surface area contributed by atoms with E-state index in [2.05, 4.69) is 20.0 Å². The average molecular weight is 536 g/mol. The third kappa shape index (κ3) is 6.18. The van der Waals surface area contributed by atoms with E-state index in [1.807, 2.05) is 6.07 Å². The maximum atomic E-state index is 13.4. The fourth-order valence-corrected chi connectivity index (χ4v) is 4.68. The molecule has 0 aliphatic carbocycles. The number of nitrogens with zero attached hydrogens (tertiary/aromatic N) is 2. The molecule has 0 aliphatic rings. The first-order valence-electron chi connectivity index (χ1n) is 11.7. The molecule has 0 bridgehead atoms. The number of para-hydroxylation sites is 2. The van der Waals surface area contributed by atoms with Crippen LogP contribution in [0, 0.1) is 0 Å². The third-order valence-corrected chi connectivity index (χ3v) is 7.04. The summed E-state index contributed by atoms with van der Waals surface area (Å²) in [5.41, 5.74) is 7.02. The molecule has 0 aliphatic heterocycles. The summed E-state index contributed by atoms with van der Waals surface area (Å²) >= 11 is 0. The van der Waals surface area contributed by atoms with E-state index in [4.69, 9.17) is 15.2 Å². The molecule has 38 heavy (non-hydrogen) atoms. The molecule has 4 rings (SSSR count). The highest BCUT2D eigenvalue weighted by Crippen LogP contribution is 2.31. The standard InChI is InChI=1S/C27H29N5O5S/c1-27(2,28)24(33)13-17-8-7-9-21(12-17)38(34,35)32-26-25(30-22-10-5-6-11-23(22)31-26)29-18-14-19(36-3)16-20(15-18)37-4/h5-12,14-16H,13,28H2,1-4H3,(H,29,30)(H,31,32). The van der Waals surface area contributed by atoms with Crippen LogP contribution in [0.1, 0.15) is 19.4 Å². The maximum absolute atomic E-state index is 13.4. The highest BCUT2D eigenvalue weighted by Gasteiger charge is 2.24. The number of rotatable bonds is 10. The quantitative estimate of drug-likeness (QED) is 0.274. The number of Topliss-reactive ketones (excluding diaryl/α,β-unsaturated/α-hetero) is 1. The number of nitrogens with two attached hydrogens (primary N) is 1. The Kier molecular flexibility index (Phi) is 7.51. The summed E-state index contributed by atoms with van der Waals surface area (Å²) in [6.45, 7) is 3.23. The summed E-state index contributed by atoms with van der Waals surface area (Å²) in [6.07, 6.45) is 0.00706. The largest absolute Gasteiger partial charge is 0.497 e. The molecule has 198 valence electrons. The van der Waals surface area contributed by atoms with Crippen LogP contribution in [0.3, 0.4) is 0 Å². The van der Waals surface area contributed by atoms with Crippen molar-refractivity contribution in [2.24, 2.45) is 5.73 Å². The number of methoxy groups -OCH3 is 2. The molecule has 4 N–H and O–H groups in total. The van der Waals surface area contributed by atoms with Crippen molar-refractivity contribution < 1.29 is 22.7 Å². The molecule has 0 fully saturated rings. The molecule has 1 heterocycles. The summed E-state index contributed by atoms with van der Waals surface area (Å²) in [5, 5.41) is 3.12. The van der Waals surface area contributed by atoms with Crippen molar-refractivity contribution in [3.63, 3.8) is 0 Å². The summed E-state index contributed by atoms with van der Waals surface area (Å²) in [7, 11) is -1.04. The Labute approximate surface area is 221 Å². The van der Waals surface area contributed by atoms with E-state index in [1.165, 1.54) is 26.4 Å². The Hall–Kier alpha value is -4.22. The van der Waals surface area contributed by atoms with E-state index in [1.54, 1.807) is 62.4 Å². The Morgan fingerprint density at radius 1 is 0.895 bits per heavy atom. The summed E-state index contributed by atoms with van der Waals surface area (Å²) in [5.74, 6) is 1.04. The van der Waals surface area contributed by atoms with Gasteiger partial charge in [-0.25, -0.2) is 18.4 Å². The van der Waals surface area contributed by atoms with Gasteiger partial charge in [0.25, 0.3) is 10.0 Å². The summed E-state index contributed by atoms with van der Waals surface area (Å²) < 4.78 is 40.1. The van der Waals surface area contributed by atoms with Crippen LogP contribution < -0.4 is 25.2 Å². The van der Waals surface area contributed by atoms with Gasteiger partial charge in [0.15, 0.2) is 17.4 Å². The van der Waals surface area contributed by atoms with Gasteiger partial charge in [-0.1, -0.05) is 24.3 Å². The highest BCUT2D eigenvalue weighted by molar-refractivity contribution is 7.92. The molecule has 1 aromatic heterocycles. The second-order valence-electron chi connectivity index (χ2n) is 9.21. The number of ether oxygens (including phenoxy) is 2. The molecule has 11 heteroatoms. The number of ketones is 1. The lowest BCUT2D eigenvalue weighted by molar-refractivity contribution is -0.122. The van der Waals surface area contributed by atoms with Crippen LogP contribution in [-0.4, -0.2) is 43.9 Å². The Balaban J connectivity index is 1.72. The number of benzene rings is 3. The first-order chi connectivity index (χ1) is 18.0. The van der Waals surface area contributed by atoms with Crippen LogP contribution in [0.5, 0.6) is 11.5 Å². The normalized spacial score (nSPS) is 11.7. The monoisotopic (exact) mass is 535 g/mol. The molecule has 0 unspecified atom stereocenters. The topological polar surface area (TPSA) is 146 Å². The lowest BCUT2D eigenvalue weighted by Gasteiger charge is -2.17. The van der Waals surface area contributed by atoms with Crippen LogP contribution in [0.25, 0.3) is 11.0 Å². The van der Waals surface area contributed by atoms with Crippen molar-refractivity contribution in [2.45, 2.75) is 30.7 Å². The Morgan fingerprint density at radius 2 is 1.50 bits per heavy atom. The fraction of sp³-hybridized carbons (Fsp3) is 0.222. The number of sulfonamides is 1. The van der Waals surface area contributed by atoms with E-state index in [-0.39, 0.29) is 28.7 Å². The van der Waals surface area contributed by atoms with E-state index >= 15 is 0 Å². The zero-order valence-electron chi connectivity index (χ0n) is 21.5. The fourth-order valence-electron chi connectivity index (χ4n) is 3.60. The zero-order valence-corrected chi connectivity index (χ0v) is 22.3. The lowest BCUT2D eigenvalue weighted by Crippen LogP contribution is -2.42. The Bertz CT molecular complexity index is 1580. The van der Waals surface area contributed by atoms with Gasteiger partial charge in [-0.15, -0.1) is 0 Å². The smallest absolute Gasteiger partial charge is 0.263 e. The maximum Gasteiger partial charge on any atom is 0.263 e. The van der Waals surface area contributed by atoms with Gasteiger partial charge >= 0.3 is 0 Å². The molecular weight excluding hydrogens is 506 g/mol. The molecular formula is C27H29N5O5S. The van der Waals surface area contributed by atoms with E-state index in [9.17, 15) is 13.2 Å². The molecule has 0 spiro atoms. The van der Waals surface area contributed by atoms with E-state index < -0.39 is 15.6 Å². The molecule has 3 aromatic carbocycles. The minimum absolute atomic E-state index is 0.00458. The van der Waals surface area contributed by atoms with E-state index in [0.717, 1.165) is 0 Å². The minimum Gasteiger partial charge on any atom is -0.497 e. The van der Waals surface area contributed by atoms with Gasteiger partial charge in [0.2, 0.25) is 0 Å². The number of nitrogens with one attached hydrogen (secondary N) is 2. The molecule has 0 amide bonds. The predicted octanol–water partition coefficient (Wildman–Crippen LogP) is 4.04. The van der Waals surface area contributed by atoms with Gasteiger partial charge in [0, 0.05) is 30.3 Å². The number of hydrogen-bond donors (Lipinski definition) is 3. The van der Waals surface area contributed by atoms with Crippen LogP contribution in [0.2, 0.25) is 0 Å². The van der Waals surface area contributed by atoms with Gasteiger partial charge in [0.1, 0.15) is 11.5 Å². The molecule has 10 nitrogen and oxygen atoms in total. The number of hydrogen-bond acceptors (Lipinski definition) is 9. The predicted molar refractivity (Wildman–Crippen MR) is 147 cm³/mol. The van der Waals surface area contributed by atoms with E-state index in [0.29, 0.717) is 33.8 Å². The van der Waals surface area contributed by atoms with Crippen molar-refractivity contribution in [3.8, 4) is 11.5 Å². The zero-order chi connectivity index (χ0) is 27.5. The van der Waals surface area contributed by atoms with Crippen LogP contribution in [-0.2, 0) is 21.2 Å². The van der Waals surface area contributed by atoms with Gasteiger partial charge in [-0.2, -0.15) is 0 Å². The van der Waals surface area contributed by atoms with Crippen LogP contribution in [0.15, 0.2) is 71.6 Å². The number of carbonyl (C=O) groups excluding carboxylic acids is 1. The van der Waals surface area contributed by atoms with Crippen molar-refractivity contribution in [2.75, 3.05) is 24.3 Å². The molecule has 4 aromatic rings. The molecule has 0 saturated heterocycles. The van der Waals surface area contributed by atoms with Gasteiger partial charge in [-0.05, 0) is 43.7 Å².